The highest BCUT2D eigenvalue weighted by Crippen LogP contribution is 2.23. The predicted octanol–water partition coefficient (Wildman–Crippen LogP) is 3.18. The van der Waals surface area contributed by atoms with Crippen LogP contribution in [0.15, 0.2) is 76.2 Å². The molecule has 0 bridgehead atoms. The van der Waals surface area contributed by atoms with E-state index in [-0.39, 0.29) is 16.5 Å². The minimum atomic E-state index is -3.65. The summed E-state index contributed by atoms with van der Waals surface area (Å²) in [4.78, 5) is 14.2. The van der Waals surface area contributed by atoms with Gasteiger partial charge in [-0.25, -0.2) is 12.8 Å². The van der Waals surface area contributed by atoms with Crippen LogP contribution in [-0.4, -0.2) is 44.8 Å². The first kappa shape index (κ1) is 20.1. The molecule has 1 amide bonds. The molecule has 2 heterocycles. The molecule has 9 heteroatoms. The van der Waals surface area contributed by atoms with Gasteiger partial charge in [0, 0.05) is 37.6 Å². The molecule has 1 N–H and O–H groups in total. The lowest BCUT2D eigenvalue weighted by atomic mass is 10.2. The number of nitrogens with zero attached hydrogens (tertiary/aromatic N) is 2. The van der Waals surface area contributed by atoms with Gasteiger partial charge >= 0.3 is 0 Å². The zero-order valence-electron chi connectivity index (χ0n) is 16.0. The first-order valence-corrected chi connectivity index (χ1v) is 10.8. The molecule has 3 aromatic rings. The number of benzene rings is 2. The Kier molecular flexibility index (Phi) is 5.56. The molecule has 1 saturated heterocycles. The second kappa shape index (κ2) is 8.29. The third-order valence-electron chi connectivity index (χ3n) is 4.93. The normalized spacial score (nSPS) is 15.2. The average molecular weight is 429 g/mol. The number of rotatable bonds is 5. The van der Waals surface area contributed by atoms with Crippen molar-refractivity contribution < 1.29 is 22.0 Å². The maximum atomic E-state index is 13.1. The van der Waals surface area contributed by atoms with Gasteiger partial charge in [0.15, 0.2) is 5.76 Å². The van der Waals surface area contributed by atoms with Gasteiger partial charge in [0.05, 0.1) is 11.2 Å². The fraction of sp³-hybridized carbons (Fsp3) is 0.190. The van der Waals surface area contributed by atoms with Crippen LogP contribution in [0.25, 0.3) is 0 Å². The van der Waals surface area contributed by atoms with E-state index in [1.165, 1.54) is 34.8 Å². The van der Waals surface area contributed by atoms with Gasteiger partial charge in [0.1, 0.15) is 5.82 Å². The van der Waals surface area contributed by atoms with Crippen molar-refractivity contribution in [3.63, 3.8) is 0 Å². The Morgan fingerprint density at radius 1 is 0.933 bits per heavy atom. The topological polar surface area (TPSA) is 82.9 Å². The molecule has 1 aliphatic heterocycles. The van der Waals surface area contributed by atoms with Crippen LogP contribution in [-0.2, 0) is 10.0 Å². The van der Waals surface area contributed by atoms with Crippen LogP contribution in [0.5, 0.6) is 0 Å². The second-order valence-electron chi connectivity index (χ2n) is 6.82. The summed E-state index contributed by atoms with van der Waals surface area (Å²) in [5.74, 6) is -0.540. The molecule has 0 saturated carbocycles. The van der Waals surface area contributed by atoms with E-state index in [2.05, 4.69) is 5.32 Å². The highest BCUT2D eigenvalue weighted by molar-refractivity contribution is 7.89. The summed E-state index contributed by atoms with van der Waals surface area (Å²) >= 11 is 0. The zero-order valence-corrected chi connectivity index (χ0v) is 16.8. The third-order valence-corrected chi connectivity index (χ3v) is 6.84. The highest BCUT2D eigenvalue weighted by atomic mass is 32.2. The summed E-state index contributed by atoms with van der Waals surface area (Å²) in [6.07, 6.45) is 1.40. The first-order valence-electron chi connectivity index (χ1n) is 9.39. The van der Waals surface area contributed by atoms with Crippen molar-refractivity contribution in [3.05, 3.63) is 78.5 Å². The minimum absolute atomic E-state index is 0.161. The van der Waals surface area contributed by atoms with Crippen molar-refractivity contribution in [2.45, 2.75) is 4.90 Å². The number of amides is 1. The van der Waals surface area contributed by atoms with Crippen LogP contribution in [0.4, 0.5) is 15.8 Å². The van der Waals surface area contributed by atoms with Gasteiger partial charge in [-0.05, 0) is 60.7 Å². The Morgan fingerprint density at radius 3 is 2.20 bits per heavy atom. The maximum Gasteiger partial charge on any atom is 0.291 e. The van der Waals surface area contributed by atoms with Crippen LogP contribution >= 0.6 is 0 Å². The smallest absolute Gasteiger partial charge is 0.291 e. The largest absolute Gasteiger partial charge is 0.459 e. The van der Waals surface area contributed by atoms with Gasteiger partial charge in [-0.2, -0.15) is 4.31 Å². The lowest BCUT2D eigenvalue weighted by molar-refractivity contribution is 0.0996. The van der Waals surface area contributed by atoms with Gasteiger partial charge < -0.3 is 14.6 Å². The van der Waals surface area contributed by atoms with E-state index in [1.54, 1.807) is 36.4 Å². The molecule has 30 heavy (non-hydrogen) atoms. The summed E-state index contributed by atoms with van der Waals surface area (Å²) in [7, 11) is -3.65. The number of carbonyl (C=O) groups excluding carboxylic acids is 1. The van der Waals surface area contributed by atoms with E-state index in [9.17, 15) is 17.6 Å². The van der Waals surface area contributed by atoms with Crippen molar-refractivity contribution in [2.75, 3.05) is 36.4 Å². The quantitative estimate of drug-likeness (QED) is 0.674. The molecule has 156 valence electrons. The summed E-state index contributed by atoms with van der Waals surface area (Å²) in [5, 5.41) is 2.66. The number of nitrogens with one attached hydrogen (secondary N) is 1. The summed E-state index contributed by atoms with van der Waals surface area (Å²) in [6, 6.07) is 15.4. The number of hydrogen-bond donors (Lipinski definition) is 1. The molecule has 1 aliphatic rings. The van der Waals surface area contributed by atoms with Crippen molar-refractivity contribution in [2.24, 2.45) is 0 Å². The molecular weight excluding hydrogens is 409 g/mol. The fourth-order valence-corrected chi connectivity index (χ4v) is 4.72. The second-order valence-corrected chi connectivity index (χ2v) is 8.76. The van der Waals surface area contributed by atoms with Gasteiger partial charge in [0.25, 0.3) is 5.91 Å². The van der Waals surface area contributed by atoms with Crippen molar-refractivity contribution >= 4 is 27.3 Å². The van der Waals surface area contributed by atoms with E-state index in [0.717, 1.165) is 5.69 Å². The zero-order chi connectivity index (χ0) is 21.1. The first-order chi connectivity index (χ1) is 14.4. The van der Waals surface area contributed by atoms with Crippen LogP contribution in [0.2, 0.25) is 0 Å². The molecule has 4 rings (SSSR count). The number of hydrogen-bond acceptors (Lipinski definition) is 5. The van der Waals surface area contributed by atoms with E-state index >= 15 is 0 Å². The van der Waals surface area contributed by atoms with E-state index in [4.69, 9.17) is 4.42 Å². The lowest BCUT2D eigenvalue weighted by Gasteiger charge is -2.35. The van der Waals surface area contributed by atoms with E-state index in [0.29, 0.717) is 31.9 Å². The van der Waals surface area contributed by atoms with Crippen LogP contribution in [0.3, 0.4) is 0 Å². The monoisotopic (exact) mass is 429 g/mol. The lowest BCUT2D eigenvalue weighted by Crippen LogP contribution is -2.48. The number of anilines is 2. The number of furan rings is 1. The summed E-state index contributed by atoms with van der Waals surface area (Å²) in [5.41, 5.74) is 1.33. The number of sulfonamides is 1. The Labute approximate surface area is 173 Å². The fourth-order valence-electron chi connectivity index (χ4n) is 3.30. The average Bonchev–Trinajstić information content (AvgIpc) is 3.30. The third kappa shape index (κ3) is 4.22. The molecule has 0 spiro atoms. The Bertz CT molecular complexity index is 1110. The molecule has 1 aromatic heterocycles. The SMILES string of the molecule is O=C(Nc1ccc(S(=O)(=O)N2CCN(c3ccc(F)cc3)CC2)cc1)c1ccco1. The van der Waals surface area contributed by atoms with Gasteiger partial charge in [-0.1, -0.05) is 0 Å². The molecule has 1 fully saturated rings. The van der Waals surface area contributed by atoms with Gasteiger partial charge in [-0.15, -0.1) is 0 Å². The Balaban J connectivity index is 1.40. The summed E-state index contributed by atoms with van der Waals surface area (Å²) < 4.78 is 45.5. The minimum Gasteiger partial charge on any atom is -0.459 e. The molecule has 7 nitrogen and oxygen atoms in total. The number of carbonyl (C=O) groups is 1. The van der Waals surface area contributed by atoms with Crippen LogP contribution in [0, 0.1) is 5.82 Å². The van der Waals surface area contributed by atoms with Gasteiger partial charge in [-0.3, -0.25) is 4.79 Å². The molecule has 0 aliphatic carbocycles. The van der Waals surface area contributed by atoms with E-state index < -0.39 is 15.9 Å². The molecular formula is C21H20FN3O4S. The summed E-state index contributed by atoms with van der Waals surface area (Å²) in [6.45, 7) is 1.69. The Morgan fingerprint density at radius 2 is 1.60 bits per heavy atom. The number of halogens is 1. The van der Waals surface area contributed by atoms with Gasteiger partial charge in [0.2, 0.25) is 10.0 Å². The molecule has 0 unspecified atom stereocenters. The molecule has 2 aromatic carbocycles. The van der Waals surface area contributed by atoms with Crippen LogP contribution < -0.4 is 10.2 Å². The number of piperazine rings is 1. The maximum absolute atomic E-state index is 13.1. The van der Waals surface area contributed by atoms with Crippen LogP contribution in [0.1, 0.15) is 10.6 Å². The van der Waals surface area contributed by atoms with Crippen molar-refractivity contribution in [1.82, 2.24) is 4.31 Å². The highest BCUT2D eigenvalue weighted by Gasteiger charge is 2.28. The molecule has 0 atom stereocenters. The molecule has 0 radical (unpaired) electrons. The predicted molar refractivity (Wildman–Crippen MR) is 110 cm³/mol. The standard InChI is InChI=1S/C21H20FN3O4S/c22-16-3-7-18(8-4-16)24-11-13-25(14-12-24)30(27,28)19-9-5-17(6-10-19)23-21(26)20-2-1-15-29-20/h1-10,15H,11-14H2,(H,23,26). The van der Waals surface area contributed by atoms with E-state index in [1.807, 2.05) is 4.90 Å². The van der Waals surface area contributed by atoms with Crippen molar-refractivity contribution in [3.8, 4) is 0 Å². The Hall–Kier alpha value is -3.17. The van der Waals surface area contributed by atoms with Crippen molar-refractivity contribution in [1.29, 1.82) is 0 Å².